The Labute approximate surface area is 105 Å². The zero-order valence-electron chi connectivity index (χ0n) is 9.68. The maximum atomic E-state index is 11.0. The summed E-state index contributed by atoms with van der Waals surface area (Å²) in [6, 6.07) is 4.92. The second kappa shape index (κ2) is 6.00. The first-order valence-corrected chi connectivity index (χ1v) is 5.52. The third-order valence-electron chi connectivity index (χ3n) is 2.49. The molecule has 1 rings (SSSR count). The van der Waals surface area contributed by atoms with Crippen LogP contribution < -0.4 is 0 Å². The molecule has 4 nitrogen and oxygen atoms in total. The highest BCUT2D eigenvalue weighted by Crippen LogP contribution is 2.24. The topological polar surface area (TPSA) is 66.8 Å². The van der Waals surface area contributed by atoms with E-state index in [1.165, 1.54) is 7.11 Å². The van der Waals surface area contributed by atoms with E-state index in [0.29, 0.717) is 10.6 Å². The number of carbonyl (C=O) groups excluding carboxylic acids is 1. The van der Waals surface area contributed by atoms with E-state index in [9.17, 15) is 15.0 Å². The summed E-state index contributed by atoms with van der Waals surface area (Å²) in [5, 5.41) is 20.1. The van der Waals surface area contributed by atoms with Crippen LogP contribution in [0.15, 0.2) is 18.2 Å². The van der Waals surface area contributed by atoms with Crippen LogP contribution in [-0.4, -0.2) is 29.4 Å². The summed E-state index contributed by atoms with van der Waals surface area (Å²) in [5.74, 6) is -0.567. The van der Waals surface area contributed by atoms with Crippen molar-refractivity contribution >= 4 is 17.6 Å². The Kier molecular flexibility index (Phi) is 4.93. The second-order valence-electron chi connectivity index (χ2n) is 3.80. The highest BCUT2D eigenvalue weighted by Gasteiger charge is 2.22. The summed E-state index contributed by atoms with van der Waals surface area (Å²) in [5.41, 5.74) is 1.32. The smallest absolute Gasteiger partial charge is 0.308 e. The Bertz CT molecular complexity index is 405. The molecule has 2 unspecified atom stereocenters. The molecule has 0 aliphatic rings. The minimum absolute atomic E-state index is 0.251. The number of rotatable bonds is 4. The lowest BCUT2D eigenvalue weighted by atomic mass is 10.0. The first kappa shape index (κ1) is 14.0. The summed E-state index contributed by atoms with van der Waals surface area (Å²) in [4.78, 5) is 11.0. The number of aliphatic hydroxyl groups is 2. The van der Waals surface area contributed by atoms with Crippen LogP contribution in [0.3, 0.4) is 0 Å². The Hall–Kier alpha value is -1.10. The van der Waals surface area contributed by atoms with E-state index in [1.807, 2.05) is 0 Å². The number of ether oxygens (including phenoxy) is 1. The fourth-order valence-electron chi connectivity index (χ4n) is 1.44. The Morgan fingerprint density at radius 2 is 2.12 bits per heavy atom. The predicted molar refractivity (Wildman–Crippen MR) is 63.8 cm³/mol. The minimum atomic E-state index is -1.19. The monoisotopic (exact) mass is 258 g/mol. The van der Waals surface area contributed by atoms with E-state index in [1.54, 1.807) is 25.1 Å². The zero-order chi connectivity index (χ0) is 13.0. The molecule has 0 saturated heterocycles. The van der Waals surface area contributed by atoms with Gasteiger partial charge in [-0.25, -0.2) is 0 Å². The summed E-state index contributed by atoms with van der Waals surface area (Å²) in [6.07, 6.45) is -2.58. The van der Waals surface area contributed by atoms with E-state index in [2.05, 4.69) is 4.74 Å². The SMILES string of the molecule is COC(=O)CC(O)C(O)c1ccc(Cl)c(C)c1. The summed E-state index contributed by atoms with van der Waals surface area (Å²) < 4.78 is 4.42. The fourth-order valence-corrected chi connectivity index (χ4v) is 1.56. The van der Waals surface area contributed by atoms with E-state index in [4.69, 9.17) is 11.6 Å². The molecule has 0 aliphatic carbocycles. The number of methoxy groups -OCH3 is 1. The number of halogens is 1. The molecular formula is C12H15ClO4. The quantitative estimate of drug-likeness (QED) is 0.805. The molecule has 1 aromatic carbocycles. The highest BCUT2D eigenvalue weighted by molar-refractivity contribution is 6.31. The fraction of sp³-hybridized carbons (Fsp3) is 0.417. The number of benzene rings is 1. The number of aliphatic hydroxyl groups excluding tert-OH is 2. The normalized spacial score (nSPS) is 14.2. The second-order valence-corrected chi connectivity index (χ2v) is 4.21. The van der Waals surface area contributed by atoms with Crippen LogP contribution in [0.4, 0.5) is 0 Å². The number of aryl methyl sites for hydroxylation is 1. The van der Waals surface area contributed by atoms with Crippen LogP contribution in [0.1, 0.15) is 23.7 Å². The van der Waals surface area contributed by atoms with E-state index < -0.39 is 18.2 Å². The summed E-state index contributed by atoms with van der Waals surface area (Å²) in [6.45, 7) is 1.80. The molecule has 0 saturated carbocycles. The number of carbonyl (C=O) groups is 1. The van der Waals surface area contributed by atoms with Crippen molar-refractivity contribution in [3.8, 4) is 0 Å². The van der Waals surface area contributed by atoms with Crippen molar-refractivity contribution < 1.29 is 19.7 Å². The maximum absolute atomic E-state index is 11.0. The standard InChI is InChI=1S/C12H15ClO4/c1-7-5-8(3-4-9(7)13)12(16)10(14)6-11(15)17-2/h3-5,10,12,14,16H,6H2,1-2H3. The Morgan fingerprint density at radius 3 is 2.65 bits per heavy atom. The van der Waals surface area contributed by atoms with Crippen molar-refractivity contribution in [1.82, 2.24) is 0 Å². The predicted octanol–water partition coefficient (Wildman–Crippen LogP) is 1.61. The van der Waals surface area contributed by atoms with Gasteiger partial charge in [-0.1, -0.05) is 23.7 Å². The van der Waals surface area contributed by atoms with Crippen LogP contribution in [0.25, 0.3) is 0 Å². The van der Waals surface area contributed by atoms with Crippen molar-refractivity contribution in [2.75, 3.05) is 7.11 Å². The zero-order valence-corrected chi connectivity index (χ0v) is 10.4. The molecule has 0 fully saturated rings. The maximum Gasteiger partial charge on any atom is 0.308 e. The number of hydrogen-bond donors (Lipinski definition) is 2. The van der Waals surface area contributed by atoms with E-state index in [0.717, 1.165) is 5.56 Å². The molecule has 0 heterocycles. The molecule has 0 radical (unpaired) electrons. The minimum Gasteiger partial charge on any atom is -0.469 e. The molecule has 0 aromatic heterocycles. The van der Waals surface area contributed by atoms with Crippen LogP contribution in [-0.2, 0) is 9.53 Å². The lowest BCUT2D eigenvalue weighted by Gasteiger charge is -2.17. The highest BCUT2D eigenvalue weighted by atomic mass is 35.5. The van der Waals surface area contributed by atoms with Gasteiger partial charge in [-0.2, -0.15) is 0 Å². The van der Waals surface area contributed by atoms with Gasteiger partial charge < -0.3 is 14.9 Å². The van der Waals surface area contributed by atoms with Crippen LogP contribution in [0.5, 0.6) is 0 Å². The molecule has 0 amide bonds. The molecule has 0 bridgehead atoms. The van der Waals surface area contributed by atoms with Gasteiger partial charge in [0.15, 0.2) is 0 Å². The molecule has 94 valence electrons. The Morgan fingerprint density at radius 1 is 1.47 bits per heavy atom. The molecule has 0 spiro atoms. The third kappa shape index (κ3) is 3.70. The van der Waals surface area contributed by atoms with Crippen molar-refractivity contribution in [3.05, 3.63) is 34.3 Å². The van der Waals surface area contributed by atoms with Gasteiger partial charge in [0, 0.05) is 5.02 Å². The first-order chi connectivity index (χ1) is 7.95. The summed E-state index contributed by atoms with van der Waals surface area (Å²) in [7, 11) is 1.23. The van der Waals surface area contributed by atoms with Gasteiger partial charge in [0.05, 0.1) is 19.6 Å². The average molecular weight is 259 g/mol. The van der Waals surface area contributed by atoms with Crippen molar-refractivity contribution in [2.24, 2.45) is 0 Å². The third-order valence-corrected chi connectivity index (χ3v) is 2.92. The molecule has 0 aliphatic heterocycles. The van der Waals surface area contributed by atoms with E-state index in [-0.39, 0.29) is 6.42 Å². The largest absolute Gasteiger partial charge is 0.469 e. The van der Waals surface area contributed by atoms with Crippen molar-refractivity contribution in [1.29, 1.82) is 0 Å². The van der Waals surface area contributed by atoms with Crippen molar-refractivity contribution in [3.63, 3.8) is 0 Å². The molecule has 2 atom stereocenters. The van der Waals surface area contributed by atoms with Crippen LogP contribution in [0.2, 0.25) is 5.02 Å². The van der Waals surface area contributed by atoms with Crippen LogP contribution in [0, 0.1) is 6.92 Å². The molecule has 1 aromatic rings. The molecular weight excluding hydrogens is 244 g/mol. The van der Waals surface area contributed by atoms with Gasteiger partial charge in [-0.3, -0.25) is 4.79 Å². The van der Waals surface area contributed by atoms with Gasteiger partial charge in [-0.15, -0.1) is 0 Å². The molecule has 2 N–H and O–H groups in total. The van der Waals surface area contributed by atoms with Gasteiger partial charge in [0.2, 0.25) is 0 Å². The Balaban J connectivity index is 2.77. The first-order valence-electron chi connectivity index (χ1n) is 5.14. The number of esters is 1. The van der Waals surface area contributed by atoms with Crippen LogP contribution >= 0.6 is 11.6 Å². The van der Waals surface area contributed by atoms with Gasteiger partial charge in [0.1, 0.15) is 6.10 Å². The van der Waals surface area contributed by atoms with Gasteiger partial charge in [0.25, 0.3) is 0 Å². The average Bonchev–Trinajstić information content (AvgIpc) is 2.31. The van der Waals surface area contributed by atoms with Crippen molar-refractivity contribution in [2.45, 2.75) is 25.6 Å². The van der Waals surface area contributed by atoms with E-state index >= 15 is 0 Å². The van der Waals surface area contributed by atoms with Gasteiger partial charge in [-0.05, 0) is 24.1 Å². The lowest BCUT2D eigenvalue weighted by molar-refractivity contribution is -0.144. The summed E-state index contributed by atoms with van der Waals surface area (Å²) >= 11 is 5.85. The number of hydrogen-bond acceptors (Lipinski definition) is 4. The van der Waals surface area contributed by atoms with Gasteiger partial charge >= 0.3 is 5.97 Å². The molecule has 17 heavy (non-hydrogen) atoms. The molecule has 5 heteroatoms. The lowest BCUT2D eigenvalue weighted by Crippen LogP contribution is -2.22.